The van der Waals surface area contributed by atoms with E-state index in [2.05, 4.69) is 0 Å². The summed E-state index contributed by atoms with van der Waals surface area (Å²) in [5.74, 6) is -8.36. The Labute approximate surface area is 229 Å². The van der Waals surface area contributed by atoms with Gasteiger partial charge in [0.2, 0.25) is 0 Å². The average Bonchev–Trinajstić information content (AvgIpc) is 3.50. The van der Waals surface area contributed by atoms with Crippen LogP contribution >= 0.6 is 11.3 Å². The molecule has 41 heavy (non-hydrogen) atoms. The van der Waals surface area contributed by atoms with Crippen molar-refractivity contribution in [3.63, 3.8) is 0 Å². The highest BCUT2D eigenvalue weighted by Gasteiger charge is 2.39. The largest absolute Gasteiger partial charge is 0.490 e. The molecule has 0 aliphatic carbocycles. The quantitative estimate of drug-likeness (QED) is 0.105. The van der Waals surface area contributed by atoms with E-state index in [9.17, 15) is 45.4 Å². The van der Waals surface area contributed by atoms with Gasteiger partial charge >= 0.3 is 36.2 Å². The number of carboxylic acid groups (broad SMARTS) is 3. The molecule has 226 valence electrons. The fraction of sp³-hybridized carbons (Fsp3) is 0.318. The number of rotatable bonds is 6. The summed E-state index contributed by atoms with van der Waals surface area (Å²) in [6.45, 7) is 1.14. The van der Waals surface area contributed by atoms with Crippen LogP contribution < -0.4 is 10.5 Å². The number of esters is 1. The first-order valence-electron chi connectivity index (χ1n) is 10.8. The smallest absolute Gasteiger partial charge is 0.480 e. The van der Waals surface area contributed by atoms with Gasteiger partial charge in [-0.2, -0.15) is 26.3 Å². The normalized spacial score (nSPS) is 15.0. The van der Waals surface area contributed by atoms with Gasteiger partial charge in [0.15, 0.2) is 11.6 Å². The van der Waals surface area contributed by atoms with Crippen molar-refractivity contribution >= 4 is 41.0 Å². The first-order valence-corrected chi connectivity index (χ1v) is 11.6. The Kier molecular flexibility index (Phi) is 12.2. The van der Waals surface area contributed by atoms with Crippen molar-refractivity contribution in [2.75, 3.05) is 6.54 Å². The van der Waals surface area contributed by atoms with Crippen LogP contribution in [-0.2, 0) is 20.9 Å². The van der Waals surface area contributed by atoms with Crippen LogP contribution in [0.15, 0.2) is 30.3 Å². The number of alkyl halides is 6. The van der Waals surface area contributed by atoms with E-state index in [1.165, 1.54) is 23.5 Å². The standard InChI is InChI=1S/C18H18FN3O4S.2C2HF3O2/c19-12-8-10(16(20)21)3-5-14(12)26-18(25)15-6-4-11(27-15)9-22-7-1-2-13(22)17(23)24;2*3-2(4,5)1(6)7/h3-6,8,13H,1-2,7,9H2,(H3,20,21)(H,23,24);2*(H,6,7)/t13-;;/m0../s1. The molecule has 0 saturated carbocycles. The number of benzene rings is 1. The zero-order valence-corrected chi connectivity index (χ0v) is 21.1. The van der Waals surface area contributed by atoms with Crippen molar-refractivity contribution in [1.29, 1.82) is 5.41 Å². The maximum atomic E-state index is 14.0. The highest BCUT2D eigenvalue weighted by atomic mass is 32.1. The van der Waals surface area contributed by atoms with Gasteiger partial charge in [0, 0.05) is 17.0 Å². The van der Waals surface area contributed by atoms with Crippen molar-refractivity contribution in [2.24, 2.45) is 5.73 Å². The minimum atomic E-state index is -5.08. The van der Waals surface area contributed by atoms with E-state index in [1.54, 1.807) is 12.1 Å². The lowest BCUT2D eigenvalue weighted by Gasteiger charge is -2.19. The lowest BCUT2D eigenvalue weighted by Crippen LogP contribution is -2.35. The van der Waals surface area contributed by atoms with Crippen molar-refractivity contribution in [3.8, 4) is 5.75 Å². The molecule has 1 atom stereocenters. The Hall–Kier alpha value is -4.26. The number of likely N-dealkylation sites (tertiary alicyclic amines) is 1. The summed E-state index contributed by atoms with van der Waals surface area (Å²) < 4.78 is 82.6. The third-order valence-corrected chi connectivity index (χ3v) is 5.85. The third kappa shape index (κ3) is 11.4. The summed E-state index contributed by atoms with van der Waals surface area (Å²) in [5.41, 5.74) is 5.49. The SMILES string of the molecule is N=C(N)c1ccc(OC(=O)c2ccc(CN3CCC[C@H]3C(=O)O)s2)c(F)c1.O=C(O)C(F)(F)F.O=C(O)C(F)(F)F. The van der Waals surface area contributed by atoms with Crippen LogP contribution in [0.5, 0.6) is 5.75 Å². The summed E-state index contributed by atoms with van der Waals surface area (Å²) in [5, 5.41) is 30.8. The molecule has 0 bridgehead atoms. The number of nitrogen functional groups attached to an aromatic ring is 1. The van der Waals surface area contributed by atoms with Crippen molar-refractivity contribution in [1.82, 2.24) is 4.90 Å². The Balaban J connectivity index is 0.000000497. The number of carbonyl (C=O) groups excluding carboxylic acids is 1. The molecule has 1 aromatic carbocycles. The molecule has 1 aliphatic rings. The maximum Gasteiger partial charge on any atom is 0.490 e. The molecule has 11 nitrogen and oxygen atoms in total. The second-order valence-corrected chi connectivity index (χ2v) is 8.96. The molecule has 1 aliphatic heterocycles. The van der Waals surface area contributed by atoms with Gasteiger partial charge in [0.1, 0.15) is 16.8 Å². The molecule has 19 heteroatoms. The minimum absolute atomic E-state index is 0.198. The molecule has 1 aromatic heterocycles. The lowest BCUT2D eigenvalue weighted by atomic mass is 10.2. The number of amidine groups is 1. The second-order valence-electron chi connectivity index (χ2n) is 7.79. The monoisotopic (exact) mass is 619 g/mol. The molecular weight excluding hydrogens is 599 g/mol. The molecule has 1 saturated heterocycles. The van der Waals surface area contributed by atoms with Gasteiger partial charge in [0.05, 0.1) is 0 Å². The predicted octanol–water partition coefficient (Wildman–Crippen LogP) is 3.71. The number of aliphatic carboxylic acids is 3. The lowest BCUT2D eigenvalue weighted by molar-refractivity contribution is -0.193. The molecular formula is C22H20F7N3O8S. The molecule has 2 heterocycles. The van der Waals surface area contributed by atoms with Crippen molar-refractivity contribution in [3.05, 3.63) is 51.5 Å². The van der Waals surface area contributed by atoms with Gasteiger partial charge in [-0.25, -0.2) is 18.8 Å². The van der Waals surface area contributed by atoms with Crippen LogP contribution in [-0.4, -0.2) is 74.9 Å². The molecule has 3 rings (SSSR count). The molecule has 0 spiro atoms. The van der Waals surface area contributed by atoms with E-state index in [1.807, 2.05) is 4.90 Å². The van der Waals surface area contributed by atoms with Gasteiger partial charge in [-0.15, -0.1) is 11.3 Å². The van der Waals surface area contributed by atoms with Gasteiger partial charge in [-0.05, 0) is 49.7 Å². The number of thiophene rings is 1. The summed E-state index contributed by atoms with van der Waals surface area (Å²) in [4.78, 5) is 44.3. The minimum Gasteiger partial charge on any atom is -0.480 e. The first kappa shape index (κ1) is 34.8. The zero-order chi connectivity index (χ0) is 31.7. The number of carboxylic acids is 3. The number of carbonyl (C=O) groups is 4. The molecule has 0 amide bonds. The molecule has 6 N–H and O–H groups in total. The Bertz CT molecular complexity index is 1260. The van der Waals surface area contributed by atoms with Crippen LogP contribution in [0.4, 0.5) is 30.7 Å². The van der Waals surface area contributed by atoms with Gasteiger partial charge in [0.25, 0.3) is 0 Å². The molecule has 0 unspecified atom stereocenters. The highest BCUT2D eigenvalue weighted by Crippen LogP contribution is 2.26. The van der Waals surface area contributed by atoms with E-state index >= 15 is 0 Å². The van der Waals surface area contributed by atoms with Crippen LogP contribution in [0.3, 0.4) is 0 Å². The van der Waals surface area contributed by atoms with E-state index in [0.717, 1.165) is 17.4 Å². The molecule has 1 fully saturated rings. The number of hydrogen-bond donors (Lipinski definition) is 5. The van der Waals surface area contributed by atoms with Crippen LogP contribution in [0.2, 0.25) is 0 Å². The van der Waals surface area contributed by atoms with Gasteiger partial charge in [-0.3, -0.25) is 15.1 Å². The van der Waals surface area contributed by atoms with E-state index in [-0.39, 0.29) is 17.1 Å². The Morgan fingerprint density at radius 2 is 1.54 bits per heavy atom. The van der Waals surface area contributed by atoms with Gasteiger partial charge in [-0.1, -0.05) is 0 Å². The highest BCUT2D eigenvalue weighted by molar-refractivity contribution is 7.13. The van der Waals surface area contributed by atoms with Crippen molar-refractivity contribution in [2.45, 2.75) is 37.8 Å². The predicted molar refractivity (Wildman–Crippen MR) is 125 cm³/mol. The zero-order valence-electron chi connectivity index (χ0n) is 20.3. The number of nitrogens with one attached hydrogen (secondary N) is 1. The second kappa shape index (κ2) is 14.4. The molecule has 0 radical (unpaired) electrons. The van der Waals surface area contributed by atoms with E-state index in [4.69, 9.17) is 35.7 Å². The summed E-state index contributed by atoms with van der Waals surface area (Å²) in [6.07, 6.45) is -8.72. The number of ether oxygens (including phenoxy) is 1. The van der Waals surface area contributed by atoms with Crippen molar-refractivity contribution < 1.29 is 70.0 Å². The van der Waals surface area contributed by atoms with Crippen LogP contribution in [0, 0.1) is 11.2 Å². The topological polar surface area (TPSA) is 191 Å². The fourth-order valence-corrected chi connectivity index (χ4v) is 3.88. The summed E-state index contributed by atoms with van der Waals surface area (Å²) in [6, 6.07) is 6.50. The maximum absolute atomic E-state index is 14.0. The van der Waals surface area contributed by atoms with Crippen LogP contribution in [0.25, 0.3) is 0 Å². The average molecular weight is 619 g/mol. The van der Waals surface area contributed by atoms with E-state index in [0.29, 0.717) is 24.4 Å². The summed E-state index contributed by atoms with van der Waals surface area (Å²) >= 11 is 1.19. The Morgan fingerprint density at radius 3 is 1.98 bits per heavy atom. The number of hydrogen-bond acceptors (Lipinski definition) is 8. The number of halogens is 7. The van der Waals surface area contributed by atoms with E-state index < -0.39 is 48.1 Å². The van der Waals surface area contributed by atoms with Gasteiger partial charge < -0.3 is 25.8 Å². The fourth-order valence-electron chi connectivity index (χ4n) is 2.97. The molecule has 2 aromatic rings. The third-order valence-electron chi connectivity index (χ3n) is 4.80. The Morgan fingerprint density at radius 1 is 1.00 bits per heavy atom. The number of nitrogens with two attached hydrogens (primary N) is 1. The summed E-state index contributed by atoms with van der Waals surface area (Å²) in [7, 11) is 0. The van der Waals surface area contributed by atoms with Crippen LogP contribution in [0.1, 0.15) is 33.0 Å². The first-order chi connectivity index (χ1) is 18.7. The number of nitrogens with zero attached hydrogens (tertiary/aromatic N) is 1.